The lowest BCUT2D eigenvalue weighted by Crippen LogP contribution is -2.44. The zero-order valence-corrected chi connectivity index (χ0v) is 12.4. The summed E-state index contributed by atoms with van der Waals surface area (Å²) < 4.78 is 0. The SMILES string of the molecule is CCC1CCC(O)C(CN2CCCCCC2CO)C1. The molecule has 2 aliphatic rings. The Kier molecular flexibility index (Phi) is 6.11. The van der Waals surface area contributed by atoms with Crippen molar-refractivity contribution >= 4 is 0 Å². The first-order valence-corrected chi connectivity index (χ1v) is 8.27. The molecule has 2 fully saturated rings. The second kappa shape index (κ2) is 7.61. The molecule has 4 unspecified atom stereocenters. The van der Waals surface area contributed by atoms with Crippen molar-refractivity contribution in [1.82, 2.24) is 4.90 Å². The van der Waals surface area contributed by atoms with Gasteiger partial charge in [0.2, 0.25) is 0 Å². The largest absolute Gasteiger partial charge is 0.395 e. The second-order valence-electron chi connectivity index (χ2n) is 6.60. The van der Waals surface area contributed by atoms with Crippen LogP contribution in [0.1, 0.15) is 58.3 Å². The molecule has 0 aromatic carbocycles. The topological polar surface area (TPSA) is 43.7 Å². The van der Waals surface area contributed by atoms with Gasteiger partial charge in [0, 0.05) is 12.6 Å². The summed E-state index contributed by atoms with van der Waals surface area (Å²) in [5.74, 6) is 1.22. The molecule has 3 heteroatoms. The predicted octanol–water partition coefficient (Wildman–Crippen LogP) is 2.41. The number of aliphatic hydroxyl groups excluding tert-OH is 2. The molecule has 2 rings (SSSR count). The number of nitrogens with zero attached hydrogens (tertiary/aromatic N) is 1. The fourth-order valence-corrected chi connectivity index (χ4v) is 3.90. The Labute approximate surface area is 118 Å². The fraction of sp³-hybridized carbons (Fsp3) is 1.00. The van der Waals surface area contributed by atoms with Crippen LogP contribution in [-0.2, 0) is 0 Å². The molecule has 0 aromatic heterocycles. The average Bonchev–Trinajstić information content (AvgIpc) is 2.66. The number of aliphatic hydroxyl groups is 2. The molecule has 112 valence electrons. The third-order valence-corrected chi connectivity index (χ3v) is 5.31. The van der Waals surface area contributed by atoms with E-state index in [0.717, 1.165) is 31.8 Å². The van der Waals surface area contributed by atoms with E-state index in [4.69, 9.17) is 0 Å². The maximum Gasteiger partial charge on any atom is 0.0586 e. The minimum atomic E-state index is -0.120. The molecule has 4 atom stereocenters. The van der Waals surface area contributed by atoms with Gasteiger partial charge in [0.25, 0.3) is 0 Å². The van der Waals surface area contributed by atoms with E-state index in [0.29, 0.717) is 12.0 Å². The van der Waals surface area contributed by atoms with Crippen molar-refractivity contribution < 1.29 is 10.2 Å². The average molecular weight is 269 g/mol. The van der Waals surface area contributed by atoms with Gasteiger partial charge in [0.1, 0.15) is 0 Å². The van der Waals surface area contributed by atoms with E-state index in [-0.39, 0.29) is 12.7 Å². The van der Waals surface area contributed by atoms with E-state index in [1.165, 1.54) is 38.5 Å². The zero-order chi connectivity index (χ0) is 13.7. The summed E-state index contributed by atoms with van der Waals surface area (Å²) >= 11 is 0. The van der Waals surface area contributed by atoms with Gasteiger partial charge in [-0.2, -0.15) is 0 Å². The van der Waals surface area contributed by atoms with Gasteiger partial charge >= 0.3 is 0 Å². The van der Waals surface area contributed by atoms with Crippen molar-refractivity contribution in [2.24, 2.45) is 11.8 Å². The standard InChI is InChI=1S/C16H31NO2/c1-2-13-7-8-16(19)14(10-13)11-17-9-5-3-4-6-15(17)12-18/h13-16,18-19H,2-12H2,1H3. The van der Waals surface area contributed by atoms with Crippen LogP contribution >= 0.6 is 0 Å². The van der Waals surface area contributed by atoms with Crippen LogP contribution in [0.3, 0.4) is 0 Å². The van der Waals surface area contributed by atoms with Gasteiger partial charge in [-0.25, -0.2) is 0 Å². The van der Waals surface area contributed by atoms with Crippen LogP contribution in [0, 0.1) is 11.8 Å². The van der Waals surface area contributed by atoms with Gasteiger partial charge in [0.15, 0.2) is 0 Å². The van der Waals surface area contributed by atoms with E-state index in [9.17, 15) is 10.2 Å². The van der Waals surface area contributed by atoms with Crippen molar-refractivity contribution in [2.75, 3.05) is 19.7 Å². The van der Waals surface area contributed by atoms with Gasteiger partial charge in [-0.05, 0) is 50.5 Å². The normalized spacial score (nSPS) is 38.1. The molecule has 0 aromatic rings. The molecule has 0 radical (unpaired) electrons. The fourth-order valence-electron chi connectivity index (χ4n) is 3.90. The van der Waals surface area contributed by atoms with E-state index < -0.39 is 0 Å². The van der Waals surface area contributed by atoms with Gasteiger partial charge in [-0.3, -0.25) is 4.90 Å². The van der Waals surface area contributed by atoms with E-state index in [1.54, 1.807) is 0 Å². The maximum absolute atomic E-state index is 10.3. The van der Waals surface area contributed by atoms with Crippen molar-refractivity contribution in [3.8, 4) is 0 Å². The van der Waals surface area contributed by atoms with Crippen LogP contribution in [0.5, 0.6) is 0 Å². The highest BCUT2D eigenvalue weighted by Gasteiger charge is 2.31. The Hall–Kier alpha value is -0.120. The molecule has 1 aliphatic heterocycles. The second-order valence-corrected chi connectivity index (χ2v) is 6.60. The summed E-state index contributed by atoms with van der Waals surface area (Å²) in [6, 6.07) is 0.330. The predicted molar refractivity (Wildman–Crippen MR) is 78.0 cm³/mol. The van der Waals surface area contributed by atoms with E-state index >= 15 is 0 Å². The quantitative estimate of drug-likeness (QED) is 0.824. The summed E-state index contributed by atoms with van der Waals surface area (Å²) in [4.78, 5) is 2.46. The summed E-state index contributed by atoms with van der Waals surface area (Å²) in [6.45, 7) is 4.63. The van der Waals surface area contributed by atoms with Crippen LogP contribution in [0.2, 0.25) is 0 Å². The summed E-state index contributed by atoms with van der Waals surface area (Å²) in [6.07, 6.45) is 9.36. The Balaban J connectivity index is 1.92. The first-order chi connectivity index (χ1) is 9.24. The van der Waals surface area contributed by atoms with Crippen LogP contribution in [-0.4, -0.2) is 47.0 Å². The Morgan fingerprint density at radius 3 is 2.68 bits per heavy atom. The minimum Gasteiger partial charge on any atom is -0.395 e. The number of likely N-dealkylation sites (tertiary alicyclic amines) is 1. The summed E-state index contributed by atoms with van der Waals surface area (Å²) in [5.41, 5.74) is 0. The smallest absolute Gasteiger partial charge is 0.0586 e. The first kappa shape index (κ1) is 15.3. The van der Waals surface area contributed by atoms with Crippen LogP contribution in [0.15, 0.2) is 0 Å². The molecule has 0 spiro atoms. The van der Waals surface area contributed by atoms with Gasteiger partial charge in [0.05, 0.1) is 12.7 Å². The number of hydrogen-bond donors (Lipinski definition) is 2. The highest BCUT2D eigenvalue weighted by Crippen LogP contribution is 2.32. The lowest BCUT2D eigenvalue weighted by Gasteiger charge is -2.38. The Bertz CT molecular complexity index is 259. The van der Waals surface area contributed by atoms with Crippen LogP contribution in [0.25, 0.3) is 0 Å². The molecule has 1 aliphatic carbocycles. The van der Waals surface area contributed by atoms with Crippen molar-refractivity contribution in [3.05, 3.63) is 0 Å². The van der Waals surface area contributed by atoms with Crippen molar-refractivity contribution in [3.63, 3.8) is 0 Å². The molecule has 0 amide bonds. The highest BCUT2D eigenvalue weighted by atomic mass is 16.3. The Morgan fingerprint density at radius 1 is 1.11 bits per heavy atom. The zero-order valence-electron chi connectivity index (χ0n) is 12.4. The Morgan fingerprint density at radius 2 is 1.95 bits per heavy atom. The number of rotatable bonds is 4. The third-order valence-electron chi connectivity index (χ3n) is 5.31. The van der Waals surface area contributed by atoms with Gasteiger partial charge in [-0.15, -0.1) is 0 Å². The molecule has 3 nitrogen and oxygen atoms in total. The minimum absolute atomic E-state index is 0.120. The van der Waals surface area contributed by atoms with Gasteiger partial charge in [-0.1, -0.05) is 26.2 Å². The molecule has 1 saturated carbocycles. The molecule has 0 bridgehead atoms. The summed E-state index contributed by atoms with van der Waals surface area (Å²) in [7, 11) is 0. The highest BCUT2D eigenvalue weighted by molar-refractivity contribution is 4.84. The van der Waals surface area contributed by atoms with Gasteiger partial charge < -0.3 is 10.2 Å². The first-order valence-electron chi connectivity index (χ1n) is 8.27. The van der Waals surface area contributed by atoms with Crippen molar-refractivity contribution in [1.29, 1.82) is 0 Å². The molecule has 1 heterocycles. The molecule has 2 N–H and O–H groups in total. The van der Waals surface area contributed by atoms with E-state index in [1.807, 2.05) is 0 Å². The monoisotopic (exact) mass is 269 g/mol. The lowest BCUT2D eigenvalue weighted by molar-refractivity contribution is 0.0116. The van der Waals surface area contributed by atoms with Crippen LogP contribution < -0.4 is 0 Å². The summed E-state index contributed by atoms with van der Waals surface area (Å²) in [5, 5.41) is 19.8. The molecular weight excluding hydrogens is 238 g/mol. The van der Waals surface area contributed by atoms with E-state index in [2.05, 4.69) is 11.8 Å². The lowest BCUT2D eigenvalue weighted by atomic mass is 9.78. The molecule has 19 heavy (non-hydrogen) atoms. The molecule has 1 saturated heterocycles. The third kappa shape index (κ3) is 4.17. The molecular formula is C16H31NO2. The number of hydrogen-bond acceptors (Lipinski definition) is 3. The van der Waals surface area contributed by atoms with Crippen LogP contribution in [0.4, 0.5) is 0 Å². The maximum atomic E-state index is 10.3. The van der Waals surface area contributed by atoms with Crippen molar-refractivity contribution in [2.45, 2.75) is 70.4 Å².